The first kappa shape index (κ1) is 16.9. The number of hydrogen-bond acceptors (Lipinski definition) is 4. The number of nitrogens with zero attached hydrogens (tertiary/aromatic N) is 1. The zero-order valence-electron chi connectivity index (χ0n) is 14.9. The Hall–Kier alpha value is -1.59. The van der Waals surface area contributed by atoms with Gasteiger partial charge in [-0.1, -0.05) is 0 Å². The average molecular weight is 344 g/mol. The molecule has 1 amide bonds. The van der Waals surface area contributed by atoms with Gasteiger partial charge in [0.2, 0.25) is 0 Å². The first-order valence-corrected chi connectivity index (χ1v) is 9.54. The lowest BCUT2D eigenvalue weighted by Gasteiger charge is -2.47. The van der Waals surface area contributed by atoms with Crippen molar-refractivity contribution in [3.8, 4) is 0 Å². The molecular weight excluding hydrogens is 316 g/mol. The molecule has 2 aliphatic heterocycles. The van der Waals surface area contributed by atoms with Crippen molar-refractivity contribution in [2.75, 3.05) is 38.3 Å². The van der Waals surface area contributed by atoms with Gasteiger partial charge in [-0.25, -0.2) is 0 Å². The smallest absolute Gasteiger partial charge is 0.251 e. The Morgan fingerprint density at radius 1 is 1.24 bits per heavy atom. The first-order chi connectivity index (χ1) is 12.3. The van der Waals surface area contributed by atoms with Crippen LogP contribution in [-0.4, -0.2) is 51.5 Å². The van der Waals surface area contributed by atoms with Gasteiger partial charge in [0, 0.05) is 55.9 Å². The van der Waals surface area contributed by atoms with Crippen LogP contribution >= 0.6 is 0 Å². The highest BCUT2D eigenvalue weighted by Crippen LogP contribution is 2.43. The molecule has 1 aromatic rings. The molecule has 0 unspecified atom stereocenters. The maximum Gasteiger partial charge on any atom is 0.251 e. The van der Waals surface area contributed by atoms with Crippen molar-refractivity contribution in [1.29, 1.82) is 0 Å². The second kappa shape index (κ2) is 7.34. The molecule has 0 spiro atoms. The molecule has 1 saturated carbocycles. The summed E-state index contributed by atoms with van der Waals surface area (Å²) in [4.78, 5) is 15.1. The molecule has 0 aromatic heterocycles. The van der Waals surface area contributed by atoms with Crippen LogP contribution < -0.4 is 10.2 Å². The molecule has 3 fully saturated rings. The maximum absolute atomic E-state index is 12.7. The summed E-state index contributed by atoms with van der Waals surface area (Å²) < 4.78 is 11.1. The number of hydrogen-bond donors (Lipinski definition) is 1. The van der Waals surface area contributed by atoms with Gasteiger partial charge in [0.1, 0.15) is 0 Å². The predicted octanol–water partition coefficient (Wildman–Crippen LogP) is 2.46. The van der Waals surface area contributed by atoms with Gasteiger partial charge >= 0.3 is 0 Å². The molecule has 5 nitrogen and oxygen atoms in total. The fourth-order valence-corrected chi connectivity index (χ4v) is 4.64. The summed E-state index contributed by atoms with van der Waals surface area (Å²) in [5, 5.41) is 3.23. The lowest BCUT2D eigenvalue weighted by molar-refractivity contribution is -0.0809. The van der Waals surface area contributed by atoms with Crippen molar-refractivity contribution in [3.63, 3.8) is 0 Å². The van der Waals surface area contributed by atoms with Crippen LogP contribution in [0.3, 0.4) is 0 Å². The highest BCUT2D eigenvalue weighted by Gasteiger charge is 2.54. The number of fused-ring (bicyclic) bond motifs is 1. The Morgan fingerprint density at radius 3 is 2.72 bits per heavy atom. The molecule has 25 heavy (non-hydrogen) atoms. The molecular formula is C20H28N2O3. The van der Waals surface area contributed by atoms with E-state index in [9.17, 15) is 4.79 Å². The lowest BCUT2D eigenvalue weighted by atomic mass is 9.67. The van der Waals surface area contributed by atoms with Crippen LogP contribution in [0.5, 0.6) is 0 Å². The Kier molecular flexibility index (Phi) is 4.95. The van der Waals surface area contributed by atoms with Gasteiger partial charge in [0.05, 0.1) is 12.7 Å². The third-order valence-electron chi connectivity index (χ3n) is 6.04. The van der Waals surface area contributed by atoms with E-state index in [0.29, 0.717) is 12.5 Å². The van der Waals surface area contributed by atoms with Crippen LogP contribution in [0.25, 0.3) is 0 Å². The van der Waals surface area contributed by atoms with Crippen molar-refractivity contribution >= 4 is 11.6 Å². The van der Waals surface area contributed by atoms with E-state index in [1.165, 1.54) is 24.9 Å². The van der Waals surface area contributed by atoms with Crippen molar-refractivity contribution in [1.82, 2.24) is 5.32 Å². The summed E-state index contributed by atoms with van der Waals surface area (Å²) in [5.41, 5.74) is 1.96. The first-order valence-electron chi connectivity index (χ1n) is 9.54. The molecule has 136 valence electrons. The second-order valence-corrected chi connectivity index (χ2v) is 7.50. The second-order valence-electron chi connectivity index (χ2n) is 7.50. The molecule has 0 radical (unpaired) electrons. The van der Waals surface area contributed by atoms with Crippen LogP contribution in [0.15, 0.2) is 24.3 Å². The fraction of sp³-hybridized carbons (Fsp3) is 0.650. The molecule has 4 rings (SSSR count). The molecule has 5 heteroatoms. The van der Waals surface area contributed by atoms with Crippen LogP contribution in [0.2, 0.25) is 0 Å². The van der Waals surface area contributed by atoms with Gasteiger partial charge in [-0.15, -0.1) is 0 Å². The minimum Gasteiger partial charge on any atom is -0.384 e. The van der Waals surface area contributed by atoms with E-state index >= 15 is 0 Å². The number of nitrogens with one attached hydrogen (secondary N) is 1. The Morgan fingerprint density at radius 2 is 2.00 bits per heavy atom. The summed E-state index contributed by atoms with van der Waals surface area (Å²) in [6.45, 7) is 3.68. The molecule has 3 aliphatic rings. The standard InChI is InChI=1S/C20H28N2O3/c1-24-13-17-18(16-9-12-25-19(16)17)21-20(23)14-5-7-15(8-6-14)22-10-3-2-4-11-22/h5-8,16-19H,2-4,9-13H2,1H3,(H,21,23)/t16-,17+,18+,19-/m0/s1. The Labute approximate surface area is 149 Å². The summed E-state index contributed by atoms with van der Waals surface area (Å²) in [7, 11) is 1.71. The Balaban J connectivity index is 1.39. The van der Waals surface area contributed by atoms with Crippen LogP contribution in [0.4, 0.5) is 5.69 Å². The number of ether oxygens (including phenoxy) is 2. The zero-order valence-corrected chi connectivity index (χ0v) is 14.9. The number of carbonyl (C=O) groups is 1. The largest absolute Gasteiger partial charge is 0.384 e. The monoisotopic (exact) mass is 344 g/mol. The molecule has 1 aromatic carbocycles. The third kappa shape index (κ3) is 3.27. The SMILES string of the molecule is COC[C@@H]1[C@H](NC(=O)c2ccc(N3CCCCC3)cc2)[C@@H]2CCO[C@H]12. The fourth-order valence-electron chi connectivity index (χ4n) is 4.64. The molecule has 1 N–H and O–H groups in total. The summed E-state index contributed by atoms with van der Waals surface area (Å²) in [5.74, 6) is 0.729. The Bertz CT molecular complexity index is 597. The van der Waals surface area contributed by atoms with Gasteiger partial charge in [-0.2, -0.15) is 0 Å². The normalized spacial score (nSPS) is 31.3. The van der Waals surface area contributed by atoms with Gasteiger partial charge in [0.15, 0.2) is 0 Å². The lowest BCUT2D eigenvalue weighted by Crippen LogP contribution is -2.62. The number of methoxy groups -OCH3 is 1. The highest BCUT2D eigenvalue weighted by atomic mass is 16.5. The van der Waals surface area contributed by atoms with E-state index in [0.717, 1.165) is 31.7 Å². The van der Waals surface area contributed by atoms with Gasteiger partial charge in [-0.05, 0) is 49.9 Å². The van der Waals surface area contributed by atoms with Crippen LogP contribution in [0.1, 0.15) is 36.0 Å². The van der Waals surface area contributed by atoms with Crippen molar-refractivity contribution in [3.05, 3.63) is 29.8 Å². The van der Waals surface area contributed by atoms with Crippen molar-refractivity contribution in [2.45, 2.75) is 37.8 Å². The van der Waals surface area contributed by atoms with Crippen molar-refractivity contribution < 1.29 is 14.3 Å². The quantitative estimate of drug-likeness (QED) is 0.891. The number of amides is 1. The van der Waals surface area contributed by atoms with Crippen LogP contribution in [0, 0.1) is 11.8 Å². The summed E-state index contributed by atoms with van der Waals surface area (Å²) in [6.07, 6.45) is 5.13. The van der Waals surface area contributed by atoms with E-state index < -0.39 is 0 Å². The number of piperidine rings is 1. The summed E-state index contributed by atoms with van der Waals surface area (Å²) in [6, 6.07) is 8.23. The number of carbonyl (C=O) groups excluding carboxylic acids is 1. The molecule has 1 aliphatic carbocycles. The van der Waals surface area contributed by atoms with Crippen LogP contribution in [-0.2, 0) is 9.47 Å². The van der Waals surface area contributed by atoms with Gasteiger partial charge < -0.3 is 19.7 Å². The topological polar surface area (TPSA) is 50.8 Å². The zero-order chi connectivity index (χ0) is 17.2. The molecule has 2 heterocycles. The number of benzene rings is 1. The van der Waals surface area contributed by atoms with E-state index in [4.69, 9.17) is 9.47 Å². The predicted molar refractivity (Wildman–Crippen MR) is 97.0 cm³/mol. The number of rotatable bonds is 5. The van der Waals surface area contributed by atoms with E-state index in [1.807, 2.05) is 12.1 Å². The average Bonchev–Trinajstić information content (AvgIpc) is 3.09. The maximum atomic E-state index is 12.7. The summed E-state index contributed by atoms with van der Waals surface area (Å²) >= 11 is 0. The minimum atomic E-state index is 0.0154. The number of anilines is 1. The van der Waals surface area contributed by atoms with Gasteiger partial charge in [-0.3, -0.25) is 4.79 Å². The van der Waals surface area contributed by atoms with Crippen molar-refractivity contribution in [2.24, 2.45) is 11.8 Å². The van der Waals surface area contributed by atoms with E-state index in [-0.39, 0.29) is 24.0 Å². The molecule has 4 atom stereocenters. The minimum absolute atomic E-state index is 0.0154. The van der Waals surface area contributed by atoms with E-state index in [2.05, 4.69) is 22.3 Å². The highest BCUT2D eigenvalue weighted by molar-refractivity contribution is 5.94. The molecule has 0 bridgehead atoms. The van der Waals surface area contributed by atoms with Gasteiger partial charge in [0.25, 0.3) is 5.91 Å². The van der Waals surface area contributed by atoms with E-state index in [1.54, 1.807) is 7.11 Å². The third-order valence-corrected chi connectivity index (χ3v) is 6.04. The molecule has 2 saturated heterocycles.